The molecule has 8 nitrogen and oxygen atoms in total. The molecule has 3 fully saturated rings. The second kappa shape index (κ2) is 9.36. The summed E-state index contributed by atoms with van der Waals surface area (Å²) in [4.78, 5) is 40.1. The van der Waals surface area contributed by atoms with Crippen LogP contribution in [0.25, 0.3) is 0 Å². The van der Waals surface area contributed by atoms with Crippen LogP contribution >= 0.6 is 0 Å². The van der Waals surface area contributed by atoms with Crippen LogP contribution in [-0.4, -0.2) is 61.3 Å². The molecular formula is C22H30N4O4. The molecule has 0 spiro atoms. The van der Waals surface area contributed by atoms with Crippen molar-refractivity contribution < 1.29 is 19.1 Å². The Bertz CT molecular complexity index is 768. The predicted octanol–water partition coefficient (Wildman–Crippen LogP) is 2.88. The zero-order chi connectivity index (χ0) is 20.9. The van der Waals surface area contributed by atoms with E-state index in [2.05, 4.69) is 10.6 Å². The summed E-state index contributed by atoms with van der Waals surface area (Å²) in [5.74, 6) is -0.129. The molecule has 0 aromatic heterocycles. The Balaban J connectivity index is 1.23. The Morgan fingerprint density at radius 2 is 1.53 bits per heavy atom. The molecule has 2 saturated heterocycles. The van der Waals surface area contributed by atoms with E-state index in [4.69, 9.17) is 4.74 Å². The van der Waals surface area contributed by atoms with Crippen molar-refractivity contribution in [1.82, 2.24) is 15.5 Å². The first-order valence-electron chi connectivity index (χ1n) is 11.0. The van der Waals surface area contributed by atoms with Gasteiger partial charge < -0.3 is 20.3 Å². The Kier molecular flexibility index (Phi) is 6.40. The average molecular weight is 415 g/mol. The van der Waals surface area contributed by atoms with Crippen LogP contribution in [0, 0.1) is 0 Å². The summed E-state index contributed by atoms with van der Waals surface area (Å²) in [7, 11) is 0. The molecule has 1 aromatic rings. The largest absolute Gasteiger partial charge is 0.447 e. The van der Waals surface area contributed by atoms with E-state index in [1.165, 1.54) is 19.3 Å². The molecule has 3 aliphatic rings. The number of carbonyl (C=O) groups excluding carboxylic acids is 3. The lowest BCUT2D eigenvalue weighted by atomic mass is 9.95. The van der Waals surface area contributed by atoms with E-state index < -0.39 is 0 Å². The van der Waals surface area contributed by atoms with E-state index in [0.29, 0.717) is 37.8 Å². The molecule has 1 aliphatic carbocycles. The number of carbonyl (C=O) groups is 3. The molecule has 2 aliphatic heterocycles. The Morgan fingerprint density at radius 3 is 2.17 bits per heavy atom. The van der Waals surface area contributed by atoms with Crippen LogP contribution in [-0.2, 0) is 4.74 Å². The van der Waals surface area contributed by atoms with Crippen molar-refractivity contribution >= 4 is 23.7 Å². The number of hydrogen-bond donors (Lipinski definition) is 2. The minimum absolute atomic E-state index is 0.0303. The van der Waals surface area contributed by atoms with Crippen molar-refractivity contribution in [3.63, 3.8) is 0 Å². The molecule has 0 unspecified atom stereocenters. The van der Waals surface area contributed by atoms with Gasteiger partial charge in [-0.2, -0.15) is 0 Å². The van der Waals surface area contributed by atoms with Crippen molar-refractivity contribution in [3.05, 3.63) is 29.8 Å². The lowest BCUT2D eigenvalue weighted by Gasteiger charge is -2.34. The van der Waals surface area contributed by atoms with E-state index in [1.807, 2.05) is 4.90 Å². The lowest BCUT2D eigenvalue weighted by molar-refractivity contribution is 0.0917. The SMILES string of the molecule is O=C(NC1CCN(C(=O)NC2CCCCC2)CC1)c1ccc(N2CCOC2=O)cc1. The highest BCUT2D eigenvalue weighted by Gasteiger charge is 2.27. The van der Waals surface area contributed by atoms with Gasteiger partial charge in [-0.15, -0.1) is 0 Å². The first-order chi connectivity index (χ1) is 14.6. The van der Waals surface area contributed by atoms with Gasteiger partial charge in [0.15, 0.2) is 0 Å². The zero-order valence-electron chi connectivity index (χ0n) is 17.3. The Morgan fingerprint density at radius 1 is 0.867 bits per heavy atom. The maximum Gasteiger partial charge on any atom is 0.414 e. The fourth-order valence-corrected chi connectivity index (χ4v) is 4.43. The van der Waals surface area contributed by atoms with Gasteiger partial charge in [0.25, 0.3) is 5.91 Å². The van der Waals surface area contributed by atoms with Crippen LogP contribution < -0.4 is 15.5 Å². The van der Waals surface area contributed by atoms with Gasteiger partial charge in [-0.3, -0.25) is 9.69 Å². The number of amides is 4. The second-order valence-electron chi connectivity index (χ2n) is 8.33. The van der Waals surface area contributed by atoms with E-state index in [9.17, 15) is 14.4 Å². The van der Waals surface area contributed by atoms with Gasteiger partial charge in [-0.25, -0.2) is 9.59 Å². The first kappa shape index (κ1) is 20.5. The standard InChI is InChI=1S/C22H30N4O4/c27-20(16-6-8-19(9-7-16)26-14-15-30-22(26)29)23-18-10-12-25(13-11-18)21(28)24-17-4-2-1-3-5-17/h6-9,17-18H,1-5,10-15H2,(H,23,27)(H,24,28). The maximum atomic E-state index is 12.6. The molecule has 2 heterocycles. The van der Waals surface area contributed by atoms with Crippen LogP contribution in [0.4, 0.5) is 15.3 Å². The molecule has 0 radical (unpaired) electrons. The molecule has 8 heteroatoms. The molecular weight excluding hydrogens is 384 g/mol. The third-order valence-corrected chi connectivity index (χ3v) is 6.25. The van der Waals surface area contributed by atoms with Gasteiger partial charge >= 0.3 is 12.1 Å². The number of nitrogens with one attached hydrogen (secondary N) is 2. The lowest BCUT2D eigenvalue weighted by Crippen LogP contribution is -2.51. The fraction of sp³-hybridized carbons (Fsp3) is 0.591. The van der Waals surface area contributed by atoms with Gasteiger partial charge in [-0.05, 0) is 49.9 Å². The molecule has 162 valence electrons. The number of urea groups is 1. The average Bonchev–Trinajstić information content (AvgIpc) is 3.21. The normalized spacial score (nSPS) is 20.7. The minimum atomic E-state index is -0.355. The molecule has 0 atom stereocenters. The van der Waals surface area contributed by atoms with Crippen molar-refractivity contribution in [2.24, 2.45) is 0 Å². The molecule has 1 aromatic carbocycles. The minimum Gasteiger partial charge on any atom is -0.447 e. The number of likely N-dealkylation sites (tertiary alicyclic amines) is 1. The highest BCUT2D eigenvalue weighted by Crippen LogP contribution is 2.20. The second-order valence-corrected chi connectivity index (χ2v) is 8.33. The monoisotopic (exact) mass is 414 g/mol. The van der Waals surface area contributed by atoms with Crippen molar-refractivity contribution in [1.29, 1.82) is 0 Å². The van der Waals surface area contributed by atoms with Crippen LogP contribution in [0.15, 0.2) is 24.3 Å². The van der Waals surface area contributed by atoms with Crippen LogP contribution in [0.2, 0.25) is 0 Å². The van der Waals surface area contributed by atoms with Gasteiger partial charge in [0.1, 0.15) is 6.61 Å². The molecule has 30 heavy (non-hydrogen) atoms. The number of cyclic esters (lactones) is 1. The van der Waals surface area contributed by atoms with Crippen LogP contribution in [0.3, 0.4) is 0 Å². The fourth-order valence-electron chi connectivity index (χ4n) is 4.43. The van der Waals surface area contributed by atoms with E-state index in [-0.39, 0.29) is 24.1 Å². The van der Waals surface area contributed by atoms with Crippen LogP contribution in [0.1, 0.15) is 55.3 Å². The van der Waals surface area contributed by atoms with Gasteiger partial charge in [0.05, 0.1) is 6.54 Å². The van der Waals surface area contributed by atoms with Crippen molar-refractivity contribution in [2.45, 2.75) is 57.0 Å². The molecule has 0 bridgehead atoms. The summed E-state index contributed by atoms with van der Waals surface area (Å²) in [5.41, 5.74) is 1.29. The van der Waals surface area contributed by atoms with Crippen LogP contribution in [0.5, 0.6) is 0 Å². The summed E-state index contributed by atoms with van der Waals surface area (Å²) in [6.45, 7) is 2.22. The summed E-state index contributed by atoms with van der Waals surface area (Å²) in [6.07, 6.45) is 6.97. The highest BCUT2D eigenvalue weighted by atomic mass is 16.6. The molecule has 4 rings (SSSR count). The number of anilines is 1. The van der Waals surface area contributed by atoms with Crippen molar-refractivity contribution in [3.8, 4) is 0 Å². The molecule has 4 amide bonds. The summed E-state index contributed by atoms with van der Waals surface area (Å²) in [6, 6.07) is 7.38. The molecule has 2 N–H and O–H groups in total. The van der Waals surface area contributed by atoms with E-state index in [1.54, 1.807) is 29.2 Å². The summed E-state index contributed by atoms with van der Waals surface area (Å²) in [5, 5.41) is 6.24. The smallest absolute Gasteiger partial charge is 0.414 e. The number of nitrogens with zero attached hydrogens (tertiary/aromatic N) is 2. The Labute approximate surface area is 176 Å². The number of benzene rings is 1. The third kappa shape index (κ3) is 4.86. The maximum absolute atomic E-state index is 12.6. The summed E-state index contributed by atoms with van der Waals surface area (Å²) >= 11 is 0. The Hall–Kier alpha value is -2.77. The number of hydrogen-bond acceptors (Lipinski definition) is 4. The van der Waals surface area contributed by atoms with Crippen molar-refractivity contribution in [2.75, 3.05) is 31.1 Å². The van der Waals surface area contributed by atoms with E-state index in [0.717, 1.165) is 31.4 Å². The van der Waals surface area contributed by atoms with Gasteiger partial charge in [-0.1, -0.05) is 19.3 Å². The number of rotatable bonds is 4. The first-order valence-corrected chi connectivity index (χ1v) is 11.0. The zero-order valence-corrected chi connectivity index (χ0v) is 17.3. The topological polar surface area (TPSA) is 91.0 Å². The number of piperidine rings is 1. The molecule has 1 saturated carbocycles. The predicted molar refractivity (Wildman–Crippen MR) is 113 cm³/mol. The highest BCUT2D eigenvalue weighted by molar-refractivity contribution is 5.95. The third-order valence-electron chi connectivity index (χ3n) is 6.25. The quantitative estimate of drug-likeness (QED) is 0.793. The number of ether oxygens (including phenoxy) is 1. The van der Waals surface area contributed by atoms with Gasteiger partial charge in [0.2, 0.25) is 0 Å². The summed E-state index contributed by atoms with van der Waals surface area (Å²) < 4.78 is 4.94. The van der Waals surface area contributed by atoms with Gasteiger partial charge in [0, 0.05) is 36.4 Å². The van der Waals surface area contributed by atoms with E-state index >= 15 is 0 Å².